The Balaban J connectivity index is 0.000000750. The van der Waals surface area contributed by atoms with Gasteiger partial charge in [-0.1, -0.05) is 23.8 Å². The van der Waals surface area contributed by atoms with Crippen molar-refractivity contribution in [2.75, 3.05) is 26.4 Å². The number of hydrogen-bond donors (Lipinski definition) is 0. The largest absolute Gasteiger partial charge is 2.00 e. The molecule has 0 amide bonds. The Bertz CT molecular complexity index is 780. The molecule has 0 spiro atoms. The fraction of sp³-hybridized carbons (Fsp3) is 0.308. The van der Waals surface area contributed by atoms with E-state index < -0.39 is 8.80 Å². The first kappa shape index (κ1) is 28.3. The third-order valence-corrected chi connectivity index (χ3v) is 7.06. The van der Waals surface area contributed by atoms with Crippen LogP contribution in [0.2, 0.25) is 0 Å². The molecular formula is C26H34FeO4Si. The molecule has 32 heavy (non-hydrogen) atoms. The molecule has 0 aliphatic carbocycles. The summed E-state index contributed by atoms with van der Waals surface area (Å²) in [5.74, 6) is 0. The van der Waals surface area contributed by atoms with Crippen molar-refractivity contribution in [3.63, 3.8) is 0 Å². The Hall–Kier alpha value is -1.76. The smallest absolute Gasteiger partial charge is 0.373 e. The van der Waals surface area contributed by atoms with E-state index in [1.165, 1.54) is 11.1 Å². The molecule has 4 nitrogen and oxygen atoms in total. The first-order valence-corrected chi connectivity index (χ1v) is 12.7. The summed E-state index contributed by atoms with van der Waals surface area (Å²) in [6, 6.07) is 26.8. The van der Waals surface area contributed by atoms with Crippen molar-refractivity contribution in [1.29, 1.82) is 0 Å². The van der Waals surface area contributed by atoms with E-state index in [4.69, 9.17) is 18.0 Å². The number of ether oxygens (including phenoxy) is 1. The van der Waals surface area contributed by atoms with Gasteiger partial charge in [0.1, 0.15) is 0 Å². The first-order valence-electron chi connectivity index (χ1n) is 10.9. The second kappa shape index (κ2) is 16.8. The van der Waals surface area contributed by atoms with Gasteiger partial charge in [-0.25, -0.2) is 12.1 Å². The molecule has 0 atom stereocenters. The number of hydrogen-bond acceptors (Lipinski definition) is 4. The summed E-state index contributed by atoms with van der Waals surface area (Å²) < 4.78 is 23.1. The van der Waals surface area contributed by atoms with E-state index in [2.05, 4.69) is 48.5 Å². The number of benzene rings is 1. The molecule has 0 fully saturated rings. The van der Waals surface area contributed by atoms with Gasteiger partial charge in [0.25, 0.3) is 0 Å². The van der Waals surface area contributed by atoms with Crippen LogP contribution in [-0.2, 0) is 41.7 Å². The van der Waals surface area contributed by atoms with Gasteiger partial charge < -0.3 is 18.0 Å². The van der Waals surface area contributed by atoms with Gasteiger partial charge in [-0.3, -0.25) is 0 Å². The van der Waals surface area contributed by atoms with Crippen LogP contribution >= 0.6 is 0 Å². The second-order valence-electron chi connectivity index (χ2n) is 6.65. The van der Waals surface area contributed by atoms with Crippen LogP contribution in [0.15, 0.2) is 90.6 Å². The minimum atomic E-state index is -2.72. The summed E-state index contributed by atoms with van der Waals surface area (Å²) in [5.41, 5.74) is 5.53. The van der Waals surface area contributed by atoms with Crippen molar-refractivity contribution >= 4 is 8.80 Å². The molecule has 0 saturated carbocycles. The fourth-order valence-electron chi connectivity index (χ4n) is 2.99. The zero-order valence-electron chi connectivity index (χ0n) is 19.2. The summed E-state index contributed by atoms with van der Waals surface area (Å²) in [7, 11) is -2.72. The van der Waals surface area contributed by atoms with Gasteiger partial charge >= 0.3 is 25.9 Å². The van der Waals surface area contributed by atoms with Crippen LogP contribution in [-0.4, -0.2) is 35.2 Å². The molecule has 3 rings (SSSR count). The Labute approximate surface area is 204 Å². The van der Waals surface area contributed by atoms with Gasteiger partial charge in [0.2, 0.25) is 0 Å². The van der Waals surface area contributed by atoms with Crippen molar-refractivity contribution in [1.82, 2.24) is 0 Å². The van der Waals surface area contributed by atoms with E-state index in [1.807, 2.05) is 62.9 Å². The molecule has 6 heteroatoms. The average Bonchev–Trinajstić information content (AvgIpc) is 3.51. The molecular weight excluding hydrogens is 460 g/mol. The third-order valence-electron chi connectivity index (χ3n) is 4.35. The Morgan fingerprint density at radius 3 is 1.88 bits per heavy atom. The molecule has 0 N–H and O–H groups in total. The zero-order valence-corrected chi connectivity index (χ0v) is 21.3. The molecule has 0 bridgehead atoms. The topological polar surface area (TPSA) is 36.9 Å². The predicted molar refractivity (Wildman–Crippen MR) is 129 cm³/mol. The molecule has 174 valence electrons. The van der Waals surface area contributed by atoms with Crippen molar-refractivity contribution in [2.24, 2.45) is 0 Å². The molecule has 0 aromatic heterocycles. The maximum absolute atomic E-state index is 5.78. The minimum Gasteiger partial charge on any atom is -0.373 e. The summed E-state index contributed by atoms with van der Waals surface area (Å²) >= 11 is 0. The molecule has 0 aliphatic rings. The summed E-state index contributed by atoms with van der Waals surface area (Å²) in [4.78, 5) is 0. The quantitative estimate of drug-likeness (QED) is 0.172. The summed E-state index contributed by atoms with van der Waals surface area (Å²) in [6.45, 7) is 8.59. The maximum atomic E-state index is 5.78. The van der Waals surface area contributed by atoms with Crippen LogP contribution in [0.5, 0.6) is 0 Å². The molecule has 0 saturated heterocycles. The van der Waals surface area contributed by atoms with E-state index in [-0.39, 0.29) is 17.1 Å². The van der Waals surface area contributed by atoms with Crippen LogP contribution in [0.1, 0.15) is 26.3 Å². The van der Waals surface area contributed by atoms with Crippen molar-refractivity contribution in [3.05, 3.63) is 96.2 Å². The second-order valence-corrected chi connectivity index (χ2v) is 9.06. The molecule has 0 heterocycles. The van der Waals surface area contributed by atoms with Crippen LogP contribution in [0.3, 0.4) is 0 Å². The third kappa shape index (κ3) is 10.2. The van der Waals surface area contributed by atoms with E-state index in [9.17, 15) is 0 Å². The van der Waals surface area contributed by atoms with Gasteiger partial charge in [0.15, 0.2) is 0 Å². The molecule has 0 radical (unpaired) electrons. The Kier molecular flexibility index (Phi) is 14.9. The van der Waals surface area contributed by atoms with E-state index >= 15 is 0 Å². The minimum absolute atomic E-state index is 0. The molecule has 0 aliphatic heterocycles. The van der Waals surface area contributed by atoms with Crippen molar-refractivity contribution in [3.8, 4) is 11.1 Å². The van der Waals surface area contributed by atoms with Gasteiger partial charge in [0, 0.05) is 19.8 Å². The summed E-state index contributed by atoms with van der Waals surface area (Å²) in [6.07, 6.45) is 1.94. The fourth-order valence-corrected chi connectivity index (χ4v) is 5.12. The van der Waals surface area contributed by atoms with E-state index in [0.717, 1.165) is 5.56 Å². The van der Waals surface area contributed by atoms with Crippen molar-refractivity contribution in [2.45, 2.75) is 27.4 Å². The molecule has 0 unspecified atom stereocenters. The van der Waals surface area contributed by atoms with E-state index in [0.29, 0.717) is 33.0 Å². The normalized spacial score (nSPS) is 11.1. The average molecular weight is 494 g/mol. The zero-order chi connectivity index (χ0) is 22.2. The molecule has 3 aromatic carbocycles. The Morgan fingerprint density at radius 1 is 0.844 bits per heavy atom. The SMILES string of the molecule is CCO[Si](/C=C/COCc1ccc(-[c-]2cccc2)cc1)(OCC)OCC.[Fe+2].c1cc[cH-]c1. The van der Waals surface area contributed by atoms with Crippen molar-refractivity contribution < 1.29 is 35.1 Å². The van der Waals surface area contributed by atoms with E-state index in [1.54, 1.807) is 0 Å². The predicted octanol–water partition coefficient (Wildman–Crippen LogP) is 6.14. The standard InChI is InChI=1S/C21H29O4Si.C5H5.Fe/c1-4-23-26(24-5-2,25-6-3)17-9-16-22-18-19-12-14-21(15-13-19)20-10-7-8-11-20;1-2-4-5-3-1;/h7-15,17H,4-6,16,18H2,1-3H3;1-5H;/q2*-1;+2/b17-9+;;. The van der Waals surface area contributed by atoms with Gasteiger partial charge in [-0.2, -0.15) is 30.3 Å². The van der Waals surface area contributed by atoms with Crippen LogP contribution in [0.25, 0.3) is 11.1 Å². The van der Waals surface area contributed by atoms with Gasteiger partial charge in [0.05, 0.1) is 13.2 Å². The molecule has 3 aromatic rings. The maximum Gasteiger partial charge on any atom is 2.00 e. The van der Waals surface area contributed by atoms with Crippen LogP contribution in [0, 0.1) is 0 Å². The summed E-state index contributed by atoms with van der Waals surface area (Å²) in [5, 5.41) is 0. The van der Waals surface area contributed by atoms with Crippen LogP contribution < -0.4 is 0 Å². The Morgan fingerprint density at radius 2 is 1.41 bits per heavy atom. The van der Waals surface area contributed by atoms with Gasteiger partial charge in [-0.05, 0) is 32.0 Å². The number of rotatable bonds is 12. The van der Waals surface area contributed by atoms with Crippen LogP contribution in [0.4, 0.5) is 0 Å². The first-order chi connectivity index (χ1) is 15.2. The monoisotopic (exact) mass is 494 g/mol. The van der Waals surface area contributed by atoms with Gasteiger partial charge in [-0.15, -0.1) is 29.8 Å².